The van der Waals surface area contributed by atoms with E-state index >= 15 is 0 Å². The zero-order chi connectivity index (χ0) is 20.4. The van der Waals surface area contributed by atoms with Crippen molar-refractivity contribution in [3.05, 3.63) is 65.5 Å². The van der Waals surface area contributed by atoms with E-state index in [1.165, 1.54) is 0 Å². The molecule has 1 atom stereocenters. The maximum absolute atomic E-state index is 12.7. The highest BCUT2D eigenvalue weighted by Crippen LogP contribution is 2.22. The topological polar surface area (TPSA) is 102 Å². The number of allylic oxidation sites excluding steroid dienone is 2. The summed E-state index contributed by atoms with van der Waals surface area (Å²) in [4.78, 5) is 41.9. The summed E-state index contributed by atoms with van der Waals surface area (Å²) in [6, 6.07) is 6.98. The summed E-state index contributed by atoms with van der Waals surface area (Å²) in [5.74, 6) is -0.783. The van der Waals surface area contributed by atoms with Gasteiger partial charge in [-0.1, -0.05) is 24.3 Å². The van der Waals surface area contributed by atoms with Crippen molar-refractivity contribution in [3.63, 3.8) is 0 Å². The third-order valence-electron chi connectivity index (χ3n) is 5.29. The van der Waals surface area contributed by atoms with Crippen molar-refractivity contribution >= 4 is 29.5 Å². The molecule has 0 saturated carbocycles. The van der Waals surface area contributed by atoms with E-state index in [0.717, 1.165) is 5.56 Å². The summed E-state index contributed by atoms with van der Waals surface area (Å²) >= 11 is 0. The van der Waals surface area contributed by atoms with Gasteiger partial charge in [-0.15, -0.1) is 0 Å². The van der Waals surface area contributed by atoms with Crippen LogP contribution in [0.2, 0.25) is 0 Å². The van der Waals surface area contributed by atoms with Crippen LogP contribution >= 0.6 is 0 Å². The highest BCUT2D eigenvalue weighted by Gasteiger charge is 2.27. The molecule has 0 aromatic heterocycles. The first-order valence-corrected chi connectivity index (χ1v) is 9.56. The second-order valence-electron chi connectivity index (χ2n) is 7.22. The number of primary amides is 1. The molecule has 29 heavy (non-hydrogen) atoms. The molecule has 7 heteroatoms. The minimum Gasteiger partial charge on any atom is -0.474 e. The molecule has 3 amide bonds. The number of aliphatic imine (C=N–C) groups is 1. The van der Waals surface area contributed by atoms with Gasteiger partial charge in [0.25, 0.3) is 5.91 Å². The predicted molar refractivity (Wildman–Crippen MR) is 108 cm³/mol. The van der Waals surface area contributed by atoms with Gasteiger partial charge in [-0.05, 0) is 48.8 Å². The van der Waals surface area contributed by atoms with Crippen molar-refractivity contribution in [2.24, 2.45) is 16.6 Å². The molecule has 2 N–H and O–H groups in total. The lowest BCUT2D eigenvalue weighted by molar-refractivity contribution is -0.123. The largest absolute Gasteiger partial charge is 0.474 e. The van der Waals surface area contributed by atoms with Gasteiger partial charge in [0, 0.05) is 24.6 Å². The number of fused-ring (bicyclic) bond motifs is 1. The smallest absolute Gasteiger partial charge is 0.312 e. The van der Waals surface area contributed by atoms with Crippen LogP contribution in [0.25, 0.3) is 6.08 Å². The number of hydrogen-bond acceptors (Lipinski definition) is 4. The normalized spacial score (nSPS) is 22.8. The molecule has 0 bridgehead atoms. The Morgan fingerprint density at radius 1 is 1.14 bits per heavy atom. The van der Waals surface area contributed by atoms with E-state index in [9.17, 15) is 14.4 Å². The van der Waals surface area contributed by atoms with E-state index in [-0.39, 0.29) is 29.6 Å². The van der Waals surface area contributed by atoms with Gasteiger partial charge in [-0.3, -0.25) is 14.4 Å². The van der Waals surface area contributed by atoms with Crippen LogP contribution in [-0.4, -0.2) is 47.5 Å². The number of piperidine rings is 1. The first-order valence-electron chi connectivity index (χ1n) is 9.56. The van der Waals surface area contributed by atoms with Gasteiger partial charge in [0.1, 0.15) is 0 Å². The van der Waals surface area contributed by atoms with E-state index in [4.69, 9.17) is 10.5 Å². The van der Waals surface area contributed by atoms with Gasteiger partial charge in [0.15, 0.2) is 11.9 Å². The number of rotatable bonds is 3. The molecule has 4 rings (SSSR count). The molecule has 1 fully saturated rings. The van der Waals surface area contributed by atoms with Crippen molar-refractivity contribution in [2.45, 2.75) is 18.9 Å². The van der Waals surface area contributed by atoms with Crippen molar-refractivity contribution in [2.75, 3.05) is 13.1 Å². The lowest BCUT2D eigenvalue weighted by Crippen LogP contribution is -2.41. The number of hydrogen-bond donors (Lipinski definition) is 1. The second-order valence-corrected chi connectivity index (χ2v) is 7.22. The Balaban J connectivity index is 1.44. The molecule has 0 spiro atoms. The third-order valence-corrected chi connectivity index (χ3v) is 5.29. The van der Waals surface area contributed by atoms with Crippen molar-refractivity contribution < 1.29 is 19.1 Å². The standard InChI is InChI=1S/C22H21N3O4/c23-20(26)15-9-11-25(12-10-15)22(28)16-7-5-14(6-8-16)13-19-21(27)24-17-3-1-2-4-18(17)29-19/h1-8,13,15,18H,9-12H2,(H2,23,26)/b19-13+. The molecule has 148 valence electrons. The van der Waals surface area contributed by atoms with Gasteiger partial charge < -0.3 is 15.4 Å². The Labute approximate surface area is 168 Å². The van der Waals surface area contributed by atoms with Gasteiger partial charge >= 0.3 is 5.91 Å². The lowest BCUT2D eigenvalue weighted by Gasteiger charge is -2.30. The van der Waals surface area contributed by atoms with Crippen LogP contribution in [0.5, 0.6) is 0 Å². The van der Waals surface area contributed by atoms with Crippen LogP contribution in [-0.2, 0) is 14.3 Å². The molecule has 1 aromatic carbocycles. The summed E-state index contributed by atoms with van der Waals surface area (Å²) < 4.78 is 5.74. The Hall–Kier alpha value is -3.48. The van der Waals surface area contributed by atoms with Crippen LogP contribution in [0.1, 0.15) is 28.8 Å². The molecule has 1 saturated heterocycles. The van der Waals surface area contributed by atoms with E-state index < -0.39 is 5.91 Å². The number of nitrogens with two attached hydrogens (primary N) is 1. The van der Waals surface area contributed by atoms with E-state index in [0.29, 0.717) is 37.2 Å². The van der Waals surface area contributed by atoms with E-state index in [1.807, 2.05) is 18.2 Å². The Morgan fingerprint density at radius 2 is 1.86 bits per heavy atom. The average Bonchev–Trinajstić information content (AvgIpc) is 2.74. The zero-order valence-corrected chi connectivity index (χ0v) is 15.8. The fourth-order valence-corrected chi connectivity index (χ4v) is 3.59. The number of likely N-dealkylation sites (tertiary alicyclic amines) is 1. The highest BCUT2D eigenvalue weighted by molar-refractivity contribution is 6.13. The second kappa shape index (κ2) is 7.87. The van der Waals surface area contributed by atoms with Crippen LogP contribution < -0.4 is 5.73 Å². The zero-order valence-electron chi connectivity index (χ0n) is 15.8. The van der Waals surface area contributed by atoms with Crippen LogP contribution in [0.4, 0.5) is 0 Å². The van der Waals surface area contributed by atoms with Crippen LogP contribution in [0.15, 0.2) is 59.3 Å². The van der Waals surface area contributed by atoms with E-state index in [2.05, 4.69) is 4.99 Å². The van der Waals surface area contributed by atoms with Gasteiger partial charge in [0.05, 0.1) is 5.71 Å². The number of ether oxygens (including phenoxy) is 1. The van der Waals surface area contributed by atoms with Crippen molar-refractivity contribution in [3.8, 4) is 0 Å². The van der Waals surface area contributed by atoms with Gasteiger partial charge in [-0.2, -0.15) is 0 Å². The lowest BCUT2D eigenvalue weighted by atomic mass is 9.96. The van der Waals surface area contributed by atoms with Gasteiger partial charge in [0.2, 0.25) is 5.91 Å². The molecule has 3 aliphatic rings. The fourth-order valence-electron chi connectivity index (χ4n) is 3.59. The fraction of sp³-hybridized carbons (Fsp3) is 0.273. The number of benzene rings is 1. The third kappa shape index (κ3) is 4.03. The number of amides is 3. The average molecular weight is 391 g/mol. The summed E-state index contributed by atoms with van der Waals surface area (Å²) in [6.45, 7) is 1.04. The molecular weight excluding hydrogens is 370 g/mol. The first kappa shape index (κ1) is 18.9. The molecule has 1 aromatic rings. The molecule has 1 unspecified atom stereocenters. The summed E-state index contributed by atoms with van der Waals surface area (Å²) in [5.41, 5.74) is 7.23. The summed E-state index contributed by atoms with van der Waals surface area (Å²) in [5, 5.41) is 0. The quantitative estimate of drug-likeness (QED) is 0.795. The van der Waals surface area contributed by atoms with Crippen LogP contribution in [0, 0.1) is 5.92 Å². The van der Waals surface area contributed by atoms with Crippen LogP contribution in [0.3, 0.4) is 0 Å². The molecule has 0 radical (unpaired) electrons. The molecule has 2 aliphatic heterocycles. The van der Waals surface area contributed by atoms with Crippen molar-refractivity contribution in [1.82, 2.24) is 4.90 Å². The number of nitrogens with zero attached hydrogens (tertiary/aromatic N) is 2. The summed E-state index contributed by atoms with van der Waals surface area (Å²) in [6.07, 6.45) is 9.72. The number of carbonyl (C=O) groups is 3. The monoisotopic (exact) mass is 391 g/mol. The van der Waals surface area contributed by atoms with E-state index in [1.54, 1.807) is 41.3 Å². The molecule has 2 heterocycles. The molecule has 1 aliphatic carbocycles. The Kier molecular flexibility index (Phi) is 5.12. The minimum absolute atomic E-state index is 0.0783. The van der Waals surface area contributed by atoms with Gasteiger partial charge in [-0.25, -0.2) is 4.99 Å². The Bertz CT molecular complexity index is 964. The summed E-state index contributed by atoms with van der Waals surface area (Å²) in [7, 11) is 0. The maximum atomic E-state index is 12.7. The SMILES string of the molecule is NC(=O)C1CCN(C(=O)c2ccc(/C=C3/OC4C=CC=CC4=NC3=O)cc2)CC1. The minimum atomic E-state index is -0.423. The Morgan fingerprint density at radius 3 is 2.55 bits per heavy atom. The van der Waals surface area contributed by atoms with Crippen molar-refractivity contribution in [1.29, 1.82) is 0 Å². The molecule has 7 nitrogen and oxygen atoms in total. The maximum Gasteiger partial charge on any atom is 0.312 e. The molecular formula is C22H21N3O4. The highest BCUT2D eigenvalue weighted by atomic mass is 16.5. The first-order chi connectivity index (χ1) is 14.0. The predicted octanol–water partition coefficient (Wildman–Crippen LogP) is 1.86. The number of carbonyl (C=O) groups excluding carboxylic acids is 3.